The van der Waals surface area contributed by atoms with Crippen LogP contribution in [0.15, 0.2) is 66.9 Å². The number of benzene rings is 2. The highest BCUT2D eigenvalue weighted by molar-refractivity contribution is 6.03. The van der Waals surface area contributed by atoms with Crippen molar-refractivity contribution in [1.29, 1.82) is 0 Å². The van der Waals surface area contributed by atoms with E-state index in [1.165, 1.54) is 37.2 Å². The van der Waals surface area contributed by atoms with Gasteiger partial charge in [-0.15, -0.1) is 0 Å². The Labute approximate surface area is 169 Å². The molecule has 3 aromatic rings. The second kappa shape index (κ2) is 8.73. The number of aromatic nitrogens is 1. The molecule has 0 aliphatic carbocycles. The number of para-hydroxylation sites is 1. The lowest BCUT2D eigenvalue weighted by molar-refractivity contribution is 0.102. The lowest BCUT2D eigenvalue weighted by Gasteiger charge is -2.28. The first-order chi connectivity index (χ1) is 14.2. The van der Waals surface area contributed by atoms with Crippen LogP contribution < -0.4 is 15.5 Å². The van der Waals surface area contributed by atoms with E-state index in [1.807, 2.05) is 24.3 Å². The summed E-state index contributed by atoms with van der Waals surface area (Å²) in [4.78, 5) is 19.1. The maximum absolute atomic E-state index is 13.8. The van der Waals surface area contributed by atoms with Gasteiger partial charge in [-0.25, -0.2) is 4.39 Å². The van der Waals surface area contributed by atoms with Gasteiger partial charge in [-0.2, -0.15) is 0 Å². The number of anilines is 4. The van der Waals surface area contributed by atoms with E-state index in [0.29, 0.717) is 17.1 Å². The Morgan fingerprint density at radius 2 is 1.69 bits per heavy atom. The Morgan fingerprint density at radius 3 is 2.45 bits per heavy atom. The van der Waals surface area contributed by atoms with Crippen LogP contribution >= 0.6 is 0 Å². The predicted molar refractivity (Wildman–Crippen MR) is 114 cm³/mol. The van der Waals surface area contributed by atoms with Gasteiger partial charge in [0.2, 0.25) is 0 Å². The summed E-state index contributed by atoms with van der Waals surface area (Å²) < 4.78 is 13.8. The van der Waals surface area contributed by atoms with E-state index in [9.17, 15) is 9.18 Å². The number of hydrogen-bond acceptors (Lipinski definition) is 4. The average molecular weight is 390 g/mol. The van der Waals surface area contributed by atoms with Gasteiger partial charge in [0.1, 0.15) is 11.5 Å². The maximum Gasteiger partial charge on any atom is 0.274 e. The monoisotopic (exact) mass is 390 g/mol. The number of rotatable bonds is 5. The minimum absolute atomic E-state index is 0.256. The number of nitrogens with one attached hydrogen (secondary N) is 2. The smallest absolute Gasteiger partial charge is 0.274 e. The number of nitrogens with zero attached hydrogens (tertiary/aromatic N) is 2. The molecule has 6 heteroatoms. The molecular weight excluding hydrogens is 367 g/mol. The van der Waals surface area contributed by atoms with Crippen molar-refractivity contribution in [1.82, 2.24) is 4.98 Å². The number of halogens is 1. The van der Waals surface area contributed by atoms with Gasteiger partial charge in [-0.05, 0) is 67.8 Å². The van der Waals surface area contributed by atoms with E-state index in [4.69, 9.17) is 0 Å². The van der Waals surface area contributed by atoms with Crippen LogP contribution in [0.25, 0.3) is 0 Å². The topological polar surface area (TPSA) is 57.3 Å². The van der Waals surface area contributed by atoms with Crippen LogP contribution in [0.3, 0.4) is 0 Å². The highest BCUT2D eigenvalue weighted by Crippen LogP contribution is 2.23. The number of hydrogen-bond donors (Lipinski definition) is 2. The first-order valence-electron chi connectivity index (χ1n) is 9.83. The van der Waals surface area contributed by atoms with Crippen LogP contribution in [-0.2, 0) is 0 Å². The van der Waals surface area contributed by atoms with E-state index >= 15 is 0 Å². The molecule has 2 aromatic carbocycles. The molecule has 1 saturated heterocycles. The summed E-state index contributed by atoms with van der Waals surface area (Å²) in [7, 11) is 0. The van der Waals surface area contributed by atoms with Crippen LogP contribution in [0.1, 0.15) is 29.8 Å². The standard InChI is InChI=1S/C23H23FN4O/c24-20-6-2-3-7-21(20)26-18-12-13-25-22(16-18)23(29)27-17-8-10-19(11-9-17)28-14-4-1-5-15-28/h2-3,6-13,16H,1,4-5,14-15H2,(H,25,26)(H,27,29). The van der Waals surface area contributed by atoms with Crippen LogP contribution in [0, 0.1) is 5.82 Å². The van der Waals surface area contributed by atoms with Crippen molar-refractivity contribution in [3.8, 4) is 0 Å². The van der Waals surface area contributed by atoms with Crippen LogP contribution in [0.5, 0.6) is 0 Å². The minimum Gasteiger partial charge on any atom is -0.372 e. The Hall–Kier alpha value is -3.41. The van der Waals surface area contributed by atoms with Gasteiger partial charge in [0, 0.05) is 36.3 Å². The molecule has 1 aliphatic heterocycles. The Bertz CT molecular complexity index is 984. The number of piperidine rings is 1. The minimum atomic E-state index is -0.357. The molecule has 1 aromatic heterocycles. The van der Waals surface area contributed by atoms with Gasteiger partial charge >= 0.3 is 0 Å². The largest absolute Gasteiger partial charge is 0.372 e. The van der Waals surface area contributed by atoms with Gasteiger partial charge in [0.25, 0.3) is 5.91 Å². The molecule has 29 heavy (non-hydrogen) atoms. The molecule has 4 rings (SSSR count). The van der Waals surface area contributed by atoms with Crippen LogP contribution in [-0.4, -0.2) is 24.0 Å². The highest BCUT2D eigenvalue weighted by Gasteiger charge is 2.12. The third kappa shape index (κ3) is 4.71. The number of amides is 1. The summed E-state index contributed by atoms with van der Waals surface area (Å²) in [5.41, 5.74) is 3.09. The molecule has 0 radical (unpaired) electrons. The summed E-state index contributed by atoms with van der Waals surface area (Å²) in [6.07, 6.45) is 5.27. The summed E-state index contributed by atoms with van der Waals surface area (Å²) in [6, 6.07) is 17.6. The van der Waals surface area contributed by atoms with Crippen molar-refractivity contribution in [2.45, 2.75) is 19.3 Å². The molecule has 5 nitrogen and oxygen atoms in total. The molecule has 1 aliphatic rings. The van der Waals surface area contributed by atoms with Crippen molar-refractivity contribution in [3.63, 3.8) is 0 Å². The molecular formula is C23H23FN4O. The maximum atomic E-state index is 13.8. The molecule has 0 spiro atoms. The number of carbonyl (C=O) groups is 1. The SMILES string of the molecule is O=C(Nc1ccc(N2CCCCC2)cc1)c1cc(Nc2ccccc2F)ccn1. The zero-order chi connectivity index (χ0) is 20.1. The van der Waals surface area contributed by atoms with Crippen LogP contribution in [0.4, 0.5) is 27.1 Å². The average Bonchev–Trinajstić information content (AvgIpc) is 2.77. The van der Waals surface area contributed by atoms with Gasteiger partial charge in [-0.3, -0.25) is 9.78 Å². The van der Waals surface area contributed by atoms with E-state index in [0.717, 1.165) is 13.1 Å². The second-order valence-corrected chi connectivity index (χ2v) is 7.08. The van der Waals surface area contributed by atoms with E-state index in [1.54, 1.807) is 30.3 Å². The van der Waals surface area contributed by atoms with E-state index in [-0.39, 0.29) is 17.4 Å². The predicted octanol–water partition coefficient (Wildman–Crippen LogP) is 5.21. The Morgan fingerprint density at radius 1 is 0.931 bits per heavy atom. The van der Waals surface area contributed by atoms with E-state index < -0.39 is 0 Å². The zero-order valence-electron chi connectivity index (χ0n) is 16.1. The summed E-state index contributed by atoms with van der Waals surface area (Å²) in [5, 5.41) is 5.84. The normalized spacial score (nSPS) is 13.8. The molecule has 0 atom stereocenters. The highest BCUT2D eigenvalue weighted by atomic mass is 19.1. The van der Waals surface area contributed by atoms with Crippen molar-refractivity contribution in [2.75, 3.05) is 28.6 Å². The van der Waals surface area contributed by atoms with Gasteiger partial charge in [-0.1, -0.05) is 12.1 Å². The fourth-order valence-corrected chi connectivity index (χ4v) is 3.45. The first-order valence-corrected chi connectivity index (χ1v) is 9.83. The lowest BCUT2D eigenvalue weighted by Crippen LogP contribution is -2.29. The number of carbonyl (C=O) groups excluding carboxylic acids is 1. The number of pyridine rings is 1. The molecule has 2 heterocycles. The fraction of sp³-hybridized carbons (Fsp3) is 0.217. The molecule has 0 saturated carbocycles. The summed E-state index contributed by atoms with van der Waals surface area (Å²) in [6.45, 7) is 2.16. The molecule has 1 fully saturated rings. The van der Waals surface area contributed by atoms with Gasteiger partial charge in [0.15, 0.2) is 0 Å². The summed E-state index contributed by atoms with van der Waals surface area (Å²) >= 11 is 0. The second-order valence-electron chi connectivity index (χ2n) is 7.08. The Kier molecular flexibility index (Phi) is 5.70. The molecule has 2 N–H and O–H groups in total. The third-order valence-corrected chi connectivity index (χ3v) is 4.99. The molecule has 148 valence electrons. The van der Waals surface area contributed by atoms with E-state index in [2.05, 4.69) is 20.5 Å². The van der Waals surface area contributed by atoms with Gasteiger partial charge < -0.3 is 15.5 Å². The molecule has 0 bridgehead atoms. The quantitative estimate of drug-likeness (QED) is 0.628. The zero-order valence-corrected chi connectivity index (χ0v) is 16.1. The first kappa shape index (κ1) is 18.9. The Balaban J connectivity index is 1.42. The van der Waals surface area contributed by atoms with Crippen molar-refractivity contribution < 1.29 is 9.18 Å². The summed E-state index contributed by atoms with van der Waals surface area (Å²) in [5.74, 6) is -0.669. The van der Waals surface area contributed by atoms with Gasteiger partial charge in [0.05, 0.1) is 5.69 Å². The van der Waals surface area contributed by atoms with Crippen LogP contribution in [0.2, 0.25) is 0 Å². The lowest BCUT2D eigenvalue weighted by atomic mass is 10.1. The third-order valence-electron chi connectivity index (χ3n) is 4.99. The van der Waals surface area contributed by atoms with Crippen molar-refractivity contribution in [3.05, 3.63) is 78.4 Å². The van der Waals surface area contributed by atoms with Crippen molar-refractivity contribution in [2.24, 2.45) is 0 Å². The van der Waals surface area contributed by atoms with Crippen molar-refractivity contribution >= 4 is 28.7 Å². The molecule has 0 unspecified atom stereocenters. The fourth-order valence-electron chi connectivity index (χ4n) is 3.45. The molecule has 1 amide bonds.